The third-order valence-electron chi connectivity index (χ3n) is 23.8. The van der Waals surface area contributed by atoms with Crippen LogP contribution in [0.15, 0.2) is 382 Å². The molecule has 0 unspecified atom stereocenters. The minimum absolute atomic E-state index is 0.623. The first-order valence-electron chi connectivity index (χ1n) is 40.5. The van der Waals surface area contributed by atoms with Gasteiger partial charge in [-0.1, -0.05) is 328 Å². The van der Waals surface area contributed by atoms with Crippen LogP contribution in [0.1, 0.15) is 33.4 Å². The van der Waals surface area contributed by atoms with E-state index in [9.17, 15) is 0 Å². The number of hydrogen-bond donors (Lipinski definition) is 0. The molecule has 6 aromatic heterocycles. The van der Waals surface area contributed by atoms with E-state index < -0.39 is 0 Å². The first-order chi connectivity index (χ1) is 58.0. The van der Waals surface area contributed by atoms with Gasteiger partial charge in [-0.2, -0.15) is 9.97 Å². The van der Waals surface area contributed by atoms with E-state index in [-0.39, 0.29) is 0 Å². The van der Waals surface area contributed by atoms with Crippen molar-refractivity contribution in [3.8, 4) is 119 Å². The van der Waals surface area contributed by atoms with Gasteiger partial charge in [-0.15, -0.1) is 0 Å². The zero-order valence-electron chi connectivity index (χ0n) is 64.1. The van der Waals surface area contributed by atoms with E-state index >= 15 is 0 Å². The maximum atomic E-state index is 5.18. The molecule has 0 spiro atoms. The second-order valence-electron chi connectivity index (χ2n) is 30.5. The van der Waals surface area contributed by atoms with Crippen LogP contribution >= 0.6 is 0 Å². The largest absolute Gasteiger partial charge is 0.309 e. The lowest BCUT2D eigenvalue weighted by molar-refractivity contribution is 0.940. The summed E-state index contributed by atoms with van der Waals surface area (Å²) < 4.78 is 6.90. The van der Waals surface area contributed by atoms with Gasteiger partial charge in [-0.3, -0.25) is 9.13 Å². The monoisotopic (exact) mass is 1500 g/mol. The van der Waals surface area contributed by atoms with Crippen LogP contribution in [0.25, 0.3) is 184 Å². The van der Waals surface area contributed by atoms with Crippen LogP contribution in [0.4, 0.5) is 0 Å². The van der Waals surface area contributed by atoms with Crippen molar-refractivity contribution in [2.75, 3.05) is 0 Å². The summed E-state index contributed by atoms with van der Waals surface area (Å²) in [4.78, 5) is 30.5. The highest BCUT2D eigenvalue weighted by Gasteiger charge is 2.29. The average molecular weight is 1500 g/mol. The van der Waals surface area contributed by atoms with Gasteiger partial charge < -0.3 is 4.57 Å². The SMILES string of the molecule is c1ccc(-c2cc(-c3ccccc3)nc(-n3c4ccccc4c4c5c(ccc43)CCc3ccccc3-5)n2)cc1.c1ccc(-c2cc(-n3c4ccccc4c4c5c(ccc43)CCc3ccccc3-5)cc(-c3ccccc3)n2)cc1.c1ccc(-c2nc(-c3ccccc3)nc(-n3c4ccccc4c4c5c(ccc43)CCc3ccccc3-5)n2)cc1. The van der Waals surface area contributed by atoms with Crippen molar-refractivity contribution in [2.45, 2.75) is 38.5 Å². The summed E-state index contributed by atoms with van der Waals surface area (Å²) in [6.45, 7) is 0. The summed E-state index contributed by atoms with van der Waals surface area (Å²) >= 11 is 0. The third-order valence-corrected chi connectivity index (χ3v) is 23.8. The number of aromatic nitrogens is 9. The maximum absolute atomic E-state index is 5.18. The second kappa shape index (κ2) is 29.2. The average Bonchev–Trinajstić information content (AvgIpc) is 1.60. The molecule has 24 rings (SSSR count). The van der Waals surface area contributed by atoms with Crippen molar-refractivity contribution in [2.24, 2.45) is 0 Å². The minimum Gasteiger partial charge on any atom is -0.309 e. The number of aryl methyl sites for hydroxylation is 6. The molecule has 0 aliphatic heterocycles. The lowest BCUT2D eigenvalue weighted by atomic mass is 9.83. The molecule has 0 bridgehead atoms. The predicted octanol–water partition coefficient (Wildman–Crippen LogP) is 26.0. The van der Waals surface area contributed by atoms with Crippen molar-refractivity contribution in [1.82, 2.24) is 43.6 Å². The summed E-state index contributed by atoms with van der Waals surface area (Å²) in [5, 5.41) is 7.62. The molecular formula is C108H75N9. The fourth-order valence-electron chi connectivity index (χ4n) is 18.4. The molecule has 0 saturated heterocycles. The van der Waals surface area contributed by atoms with Crippen LogP contribution in [0, 0.1) is 0 Å². The molecule has 117 heavy (non-hydrogen) atoms. The molecule has 0 amide bonds. The van der Waals surface area contributed by atoms with Crippen molar-refractivity contribution < 1.29 is 0 Å². The second-order valence-corrected chi connectivity index (χ2v) is 30.5. The Morgan fingerprint density at radius 3 is 0.821 bits per heavy atom. The summed E-state index contributed by atoms with van der Waals surface area (Å²) in [5.74, 6) is 2.63. The summed E-state index contributed by atoms with van der Waals surface area (Å²) in [5.41, 5.74) is 34.7. The van der Waals surface area contributed by atoms with E-state index in [1.807, 2.05) is 72.8 Å². The third kappa shape index (κ3) is 12.2. The fraction of sp³-hybridized carbons (Fsp3) is 0.0556. The molecular weight excluding hydrogens is 1420 g/mol. The van der Waals surface area contributed by atoms with E-state index in [1.165, 1.54) is 110 Å². The molecule has 0 N–H and O–H groups in total. The number of nitrogens with zero attached hydrogens (tertiary/aromatic N) is 9. The highest BCUT2D eigenvalue weighted by atomic mass is 15.2. The van der Waals surface area contributed by atoms with Gasteiger partial charge in [-0.25, -0.2) is 19.9 Å². The molecule has 552 valence electrons. The number of fused-ring (bicyclic) bond motifs is 21. The predicted molar refractivity (Wildman–Crippen MR) is 480 cm³/mol. The number of rotatable bonds is 9. The Bertz CT molecular complexity index is 6540. The van der Waals surface area contributed by atoms with Gasteiger partial charge in [0.1, 0.15) is 0 Å². The quantitative estimate of drug-likeness (QED) is 0.143. The number of para-hydroxylation sites is 3. The molecule has 15 aromatic carbocycles. The summed E-state index contributed by atoms with van der Waals surface area (Å²) in [7, 11) is 0. The van der Waals surface area contributed by atoms with E-state index in [0.717, 1.165) is 122 Å². The van der Waals surface area contributed by atoms with Crippen LogP contribution in [0.2, 0.25) is 0 Å². The van der Waals surface area contributed by atoms with Crippen LogP contribution in [0.5, 0.6) is 0 Å². The van der Waals surface area contributed by atoms with Crippen LogP contribution < -0.4 is 0 Å². The van der Waals surface area contributed by atoms with Gasteiger partial charge in [0.15, 0.2) is 11.6 Å². The molecule has 0 atom stereocenters. The number of benzene rings is 15. The van der Waals surface area contributed by atoms with E-state index in [1.54, 1.807) is 0 Å². The smallest absolute Gasteiger partial charge is 0.238 e. The Labute approximate surface area is 677 Å². The fourth-order valence-corrected chi connectivity index (χ4v) is 18.4. The van der Waals surface area contributed by atoms with E-state index in [4.69, 9.17) is 29.9 Å². The standard InChI is InChI=1S/C37H26N2.C36H25N3.C35H24N4/c1-3-12-26(13-4-1)32-23-29(24-33(38-32)27-14-5-2-6-15-27)39-34-18-10-9-17-31(34)37-35(39)22-21-28-20-19-25-11-7-8-16-30(25)36(28)37;1-3-12-25(13-4-1)30-23-31(26-14-5-2-6-15-26)38-36(37-30)39-32-18-10-9-17-29(32)35-33(39)22-21-27-20-19-24-11-7-8-16-28(24)34(27)35;1-3-12-25(13-4-1)33-36-34(26-14-5-2-6-15-26)38-35(37-33)39-29-18-10-9-17-28(29)32-30(39)22-21-24-20-19-23-11-7-8-16-27(23)31(24)32/h1-18,21-24H,19-20H2;1-18,21-23H,19-20H2;1-18,21-22H,19-20H2. The first kappa shape index (κ1) is 68.7. The summed E-state index contributed by atoms with van der Waals surface area (Å²) in [6.07, 6.45) is 6.42. The molecule has 6 heterocycles. The molecule has 0 radical (unpaired) electrons. The van der Waals surface area contributed by atoms with Crippen molar-refractivity contribution in [3.05, 3.63) is 416 Å². The van der Waals surface area contributed by atoms with Crippen LogP contribution in [0.3, 0.4) is 0 Å². The van der Waals surface area contributed by atoms with Gasteiger partial charge >= 0.3 is 0 Å². The normalized spacial score (nSPS) is 12.4. The molecule has 0 saturated carbocycles. The lowest BCUT2D eigenvalue weighted by Crippen LogP contribution is -2.07. The molecule has 9 nitrogen and oxygen atoms in total. The molecule has 0 fully saturated rings. The van der Waals surface area contributed by atoms with Gasteiger partial charge in [-0.05, 0) is 160 Å². The zero-order chi connectivity index (χ0) is 77.3. The Hall–Kier alpha value is -15.1. The Morgan fingerprint density at radius 1 is 0.188 bits per heavy atom. The van der Waals surface area contributed by atoms with Gasteiger partial charge in [0.2, 0.25) is 11.9 Å². The van der Waals surface area contributed by atoms with Crippen molar-refractivity contribution in [1.29, 1.82) is 0 Å². The molecule has 9 heteroatoms. The molecule has 3 aliphatic rings. The first-order valence-corrected chi connectivity index (χ1v) is 40.5. The van der Waals surface area contributed by atoms with Crippen LogP contribution in [-0.4, -0.2) is 43.6 Å². The Morgan fingerprint density at radius 2 is 0.462 bits per heavy atom. The Balaban J connectivity index is 0.000000106. The van der Waals surface area contributed by atoms with Gasteiger partial charge in [0.05, 0.1) is 61.6 Å². The van der Waals surface area contributed by atoms with Crippen molar-refractivity contribution in [3.63, 3.8) is 0 Å². The van der Waals surface area contributed by atoms with E-state index in [2.05, 4.69) is 323 Å². The Kier molecular flexibility index (Phi) is 17.1. The lowest BCUT2D eigenvalue weighted by Gasteiger charge is -2.21. The number of hydrogen-bond acceptors (Lipinski definition) is 6. The summed E-state index contributed by atoms with van der Waals surface area (Å²) in [6, 6.07) is 135. The van der Waals surface area contributed by atoms with Gasteiger partial charge in [0.25, 0.3) is 0 Å². The highest BCUT2D eigenvalue weighted by Crippen LogP contribution is 2.49. The highest BCUT2D eigenvalue weighted by molar-refractivity contribution is 6.19. The van der Waals surface area contributed by atoms with Crippen molar-refractivity contribution >= 4 is 65.4 Å². The van der Waals surface area contributed by atoms with Crippen LogP contribution in [-0.2, 0) is 38.5 Å². The maximum Gasteiger partial charge on any atom is 0.238 e. The molecule has 21 aromatic rings. The minimum atomic E-state index is 0.623. The van der Waals surface area contributed by atoms with Gasteiger partial charge in [0, 0.05) is 65.7 Å². The van der Waals surface area contributed by atoms with E-state index in [0.29, 0.717) is 23.5 Å². The number of pyridine rings is 1. The zero-order valence-corrected chi connectivity index (χ0v) is 64.1. The topological polar surface area (TPSA) is 92.1 Å². The molecule has 3 aliphatic carbocycles.